The van der Waals surface area contributed by atoms with Crippen molar-refractivity contribution in [2.24, 2.45) is 0 Å². The van der Waals surface area contributed by atoms with Gasteiger partial charge in [-0.05, 0) is 45.0 Å². The summed E-state index contributed by atoms with van der Waals surface area (Å²) in [6, 6.07) is 11.8. The van der Waals surface area contributed by atoms with Crippen LogP contribution in [0.25, 0.3) is 0 Å². The molecule has 1 aliphatic heterocycles. The molecule has 31 heavy (non-hydrogen) atoms. The van der Waals surface area contributed by atoms with Crippen LogP contribution >= 0.6 is 0 Å². The van der Waals surface area contributed by atoms with Gasteiger partial charge in [0.25, 0.3) is 5.56 Å². The van der Waals surface area contributed by atoms with Gasteiger partial charge in [-0.2, -0.15) is 0 Å². The number of hydrogen-bond acceptors (Lipinski definition) is 6. The summed E-state index contributed by atoms with van der Waals surface area (Å²) in [5, 5.41) is 0. The molecule has 3 rings (SSSR count). The molecule has 0 radical (unpaired) electrons. The van der Waals surface area contributed by atoms with Crippen molar-refractivity contribution in [1.29, 1.82) is 0 Å². The summed E-state index contributed by atoms with van der Waals surface area (Å²) in [6.45, 7) is 9.24. The van der Waals surface area contributed by atoms with Gasteiger partial charge in [-0.1, -0.05) is 18.2 Å². The summed E-state index contributed by atoms with van der Waals surface area (Å²) < 4.78 is 12.3. The number of piperazine rings is 1. The summed E-state index contributed by atoms with van der Waals surface area (Å²) in [7, 11) is 0. The SMILES string of the molecule is CC(C)(C)OC(=O)N1CCN(CCn2cccc(OC(=O)c3ccccc3)c2=O)CC1. The molecule has 0 aliphatic carbocycles. The number of carbonyl (C=O) groups excluding carboxylic acids is 2. The molecule has 1 saturated heterocycles. The highest BCUT2D eigenvalue weighted by Gasteiger charge is 2.25. The maximum absolute atomic E-state index is 12.7. The average Bonchev–Trinajstić information content (AvgIpc) is 2.74. The first kappa shape index (κ1) is 22.6. The van der Waals surface area contributed by atoms with E-state index in [0.717, 1.165) is 0 Å². The van der Waals surface area contributed by atoms with Crippen LogP contribution in [-0.4, -0.2) is 64.8 Å². The van der Waals surface area contributed by atoms with E-state index >= 15 is 0 Å². The fourth-order valence-corrected chi connectivity index (χ4v) is 3.23. The van der Waals surface area contributed by atoms with E-state index in [1.165, 1.54) is 10.6 Å². The number of pyridine rings is 1. The molecule has 1 aromatic heterocycles. The molecule has 0 N–H and O–H groups in total. The molecular weight excluding hydrogens is 398 g/mol. The third kappa shape index (κ3) is 6.42. The summed E-state index contributed by atoms with van der Waals surface area (Å²) in [5.41, 5.74) is -0.469. The van der Waals surface area contributed by atoms with Crippen LogP contribution in [0.5, 0.6) is 5.75 Å². The first-order chi connectivity index (χ1) is 14.7. The molecule has 0 spiro atoms. The normalized spacial score (nSPS) is 14.9. The minimum absolute atomic E-state index is 0.00565. The predicted molar refractivity (Wildman–Crippen MR) is 116 cm³/mol. The van der Waals surface area contributed by atoms with Crippen molar-refractivity contribution in [2.45, 2.75) is 32.9 Å². The number of aromatic nitrogens is 1. The van der Waals surface area contributed by atoms with E-state index < -0.39 is 11.6 Å². The largest absolute Gasteiger partial charge is 0.444 e. The zero-order valence-electron chi connectivity index (χ0n) is 18.2. The molecule has 166 valence electrons. The lowest BCUT2D eigenvalue weighted by atomic mass is 10.2. The van der Waals surface area contributed by atoms with Crippen molar-refractivity contribution in [2.75, 3.05) is 32.7 Å². The van der Waals surface area contributed by atoms with Crippen LogP contribution in [0.1, 0.15) is 31.1 Å². The van der Waals surface area contributed by atoms with Crippen molar-refractivity contribution < 1.29 is 19.1 Å². The molecule has 0 atom stereocenters. The van der Waals surface area contributed by atoms with Crippen molar-refractivity contribution >= 4 is 12.1 Å². The highest BCUT2D eigenvalue weighted by atomic mass is 16.6. The number of nitrogens with zero attached hydrogens (tertiary/aromatic N) is 3. The van der Waals surface area contributed by atoms with Gasteiger partial charge in [-0.15, -0.1) is 0 Å². The number of benzene rings is 1. The van der Waals surface area contributed by atoms with Crippen LogP contribution in [-0.2, 0) is 11.3 Å². The van der Waals surface area contributed by atoms with Gasteiger partial charge in [0.1, 0.15) is 5.60 Å². The Balaban J connectivity index is 1.53. The second-order valence-corrected chi connectivity index (χ2v) is 8.44. The molecule has 1 aliphatic rings. The van der Waals surface area contributed by atoms with Gasteiger partial charge < -0.3 is 18.9 Å². The van der Waals surface area contributed by atoms with Gasteiger partial charge in [0.2, 0.25) is 0 Å². The Bertz CT molecular complexity index is 957. The lowest BCUT2D eigenvalue weighted by Gasteiger charge is -2.35. The van der Waals surface area contributed by atoms with Crippen molar-refractivity contribution in [1.82, 2.24) is 14.4 Å². The molecular formula is C23H29N3O5. The molecule has 8 nitrogen and oxygen atoms in total. The van der Waals surface area contributed by atoms with E-state index in [0.29, 0.717) is 44.8 Å². The number of rotatable bonds is 5. The van der Waals surface area contributed by atoms with E-state index in [2.05, 4.69) is 4.90 Å². The molecule has 0 bridgehead atoms. The van der Waals surface area contributed by atoms with Crippen molar-refractivity contribution in [3.05, 3.63) is 64.6 Å². The standard InChI is InChI=1S/C23H29N3O5/c1-23(2,3)31-22(29)26-16-13-24(14-17-26)12-15-25-11-7-10-19(20(25)27)30-21(28)18-8-5-4-6-9-18/h4-11H,12-17H2,1-3H3. The number of ether oxygens (including phenoxy) is 2. The highest BCUT2D eigenvalue weighted by Crippen LogP contribution is 2.12. The molecule has 1 amide bonds. The Labute approximate surface area is 182 Å². The third-order valence-electron chi connectivity index (χ3n) is 4.88. The van der Waals surface area contributed by atoms with Gasteiger partial charge in [0.15, 0.2) is 5.75 Å². The first-order valence-corrected chi connectivity index (χ1v) is 10.4. The fourth-order valence-electron chi connectivity index (χ4n) is 3.23. The maximum Gasteiger partial charge on any atom is 0.410 e. The average molecular weight is 428 g/mol. The number of carbonyl (C=O) groups is 2. The topological polar surface area (TPSA) is 81.1 Å². The summed E-state index contributed by atoms with van der Waals surface area (Å²) in [6.07, 6.45) is 1.38. The second kappa shape index (κ2) is 9.78. The third-order valence-corrected chi connectivity index (χ3v) is 4.88. The quantitative estimate of drug-likeness (QED) is 0.683. The molecule has 2 heterocycles. The minimum Gasteiger partial charge on any atom is -0.444 e. The number of amides is 1. The van der Waals surface area contributed by atoms with E-state index in [1.807, 2.05) is 20.8 Å². The monoisotopic (exact) mass is 427 g/mol. The zero-order valence-corrected chi connectivity index (χ0v) is 18.2. The summed E-state index contributed by atoms with van der Waals surface area (Å²) in [4.78, 5) is 41.0. The van der Waals surface area contributed by atoms with Gasteiger partial charge in [-0.25, -0.2) is 9.59 Å². The van der Waals surface area contributed by atoms with Gasteiger partial charge in [-0.3, -0.25) is 9.69 Å². The Morgan fingerprint density at radius 2 is 1.61 bits per heavy atom. The smallest absolute Gasteiger partial charge is 0.410 e. The predicted octanol–water partition coefficient (Wildman–Crippen LogP) is 2.62. The molecule has 0 saturated carbocycles. The van der Waals surface area contributed by atoms with Crippen LogP contribution < -0.4 is 10.3 Å². The minimum atomic E-state index is -0.561. The van der Waals surface area contributed by atoms with Crippen LogP contribution in [0.3, 0.4) is 0 Å². The lowest BCUT2D eigenvalue weighted by molar-refractivity contribution is 0.0142. The lowest BCUT2D eigenvalue weighted by Crippen LogP contribution is -2.50. The summed E-state index contributed by atoms with van der Waals surface area (Å²) in [5.74, 6) is -0.556. The summed E-state index contributed by atoms with van der Waals surface area (Å²) >= 11 is 0. The number of hydrogen-bond donors (Lipinski definition) is 0. The number of esters is 1. The van der Waals surface area contributed by atoms with Gasteiger partial charge in [0, 0.05) is 45.5 Å². The zero-order chi connectivity index (χ0) is 22.4. The van der Waals surface area contributed by atoms with E-state index in [4.69, 9.17) is 9.47 Å². The van der Waals surface area contributed by atoms with Crippen molar-refractivity contribution in [3.63, 3.8) is 0 Å². The highest BCUT2D eigenvalue weighted by molar-refractivity contribution is 5.90. The molecule has 2 aromatic rings. The van der Waals surface area contributed by atoms with E-state index in [9.17, 15) is 14.4 Å². The fraction of sp³-hybridized carbons (Fsp3) is 0.435. The van der Waals surface area contributed by atoms with Crippen LogP contribution in [0.2, 0.25) is 0 Å². The first-order valence-electron chi connectivity index (χ1n) is 10.4. The second-order valence-electron chi connectivity index (χ2n) is 8.44. The van der Waals surface area contributed by atoms with Gasteiger partial charge >= 0.3 is 12.1 Å². The van der Waals surface area contributed by atoms with Crippen LogP contribution in [0.4, 0.5) is 4.79 Å². The Hall–Kier alpha value is -3.13. The maximum atomic E-state index is 12.7. The van der Waals surface area contributed by atoms with Crippen LogP contribution in [0.15, 0.2) is 53.5 Å². The van der Waals surface area contributed by atoms with Crippen molar-refractivity contribution in [3.8, 4) is 5.75 Å². The Kier molecular flexibility index (Phi) is 7.12. The molecule has 8 heteroatoms. The molecule has 0 unspecified atom stereocenters. The van der Waals surface area contributed by atoms with E-state index in [1.54, 1.807) is 47.5 Å². The molecule has 1 fully saturated rings. The van der Waals surface area contributed by atoms with Crippen LogP contribution in [0, 0.1) is 0 Å². The van der Waals surface area contributed by atoms with Gasteiger partial charge in [0.05, 0.1) is 5.56 Å². The van der Waals surface area contributed by atoms with E-state index in [-0.39, 0.29) is 17.4 Å². The Morgan fingerprint density at radius 3 is 2.26 bits per heavy atom. The Morgan fingerprint density at radius 1 is 0.935 bits per heavy atom. The molecule has 1 aromatic carbocycles.